The number of nitro benzene ring substituents is 1. The van der Waals surface area contributed by atoms with Crippen LogP contribution >= 0.6 is 11.8 Å². The highest BCUT2D eigenvalue weighted by Crippen LogP contribution is 2.40. The molecule has 3 aromatic rings. The smallest absolute Gasteiger partial charge is 0.338 e. The largest absolute Gasteiger partial charge is 0.463 e. The van der Waals surface area contributed by atoms with Crippen LogP contribution in [-0.4, -0.2) is 32.3 Å². The number of aryl methyl sites for hydroxylation is 2. The van der Waals surface area contributed by atoms with Gasteiger partial charge in [0.05, 0.1) is 22.7 Å². The van der Waals surface area contributed by atoms with E-state index >= 15 is 0 Å². The van der Waals surface area contributed by atoms with E-state index in [1.165, 1.54) is 39.2 Å². The molecule has 0 saturated heterocycles. The third-order valence-electron chi connectivity index (χ3n) is 5.61. The number of allylic oxidation sites excluding steroid dienone is 1. The first-order valence-corrected chi connectivity index (χ1v) is 11.8. The molecule has 1 aromatic heterocycles. The quantitative estimate of drug-likeness (QED) is 0.219. The van der Waals surface area contributed by atoms with Crippen molar-refractivity contribution < 1.29 is 14.5 Å². The molecule has 1 aliphatic heterocycles. The van der Waals surface area contributed by atoms with Crippen molar-refractivity contribution in [3.05, 3.63) is 86.1 Å². The predicted molar refractivity (Wildman–Crippen MR) is 130 cm³/mol. The highest BCUT2D eigenvalue weighted by molar-refractivity contribution is 7.98. The zero-order valence-electron chi connectivity index (χ0n) is 19.4. The van der Waals surface area contributed by atoms with Gasteiger partial charge in [0.2, 0.25) is 11.1 Å². The number of nitro groups is 1. The molecule has 1 N–H and O–H groups in total. The first-order chi connectivity index (χ1) is 16.3. The third-order valence-corrected chi connectivity index (χ3v) is 6.50. The number of thioether (sulfide) groups is 1. The first kappa shape index (κ1) is 23.5. The summed E-state index contributed by atoms with van der Waals surface area (Å²) in [4.78, 5) is 28.8. The van der Waals surface area contributed by atoms with Crippen molar-refractivity contribution in [2.24, 2.45) is 0 Å². The van der Waals surface area contributed by atoms with E-state index in [1.54, 1.807) is 32.0 Å². The number of carbonyl (C=O) groups excluding carboxylic acids is 1. The van der Waals surface area contributed by atoms with Crippen molar-refractivity contribution in [2.75, 3.05) is 11.9 Å². The van der Waals surface area contributed by atoms with E-state index in [0.29, 0.717) is 28.1 Å². The Labute approximate surface area is 201 Å². The van der Waals surface area contributed by atoms with Crippen LogP contribution in [0.3, 0.4) is 0 Å². The molecule has 0 unspecified atom stereocenters. The van der Waals surface area contributed by atoms with Crippen LogP contribution in [-0.2, 0) is 15.3 Å². The fourth-order valence-corrected chi connectivity index (χ4v) is 4.89. The van der Waals surface area contributed by atoms with Crippen molar-refractivity contribution >= 4 is 29.4 Å². The zero-order chi connectivity index (χ0) is 24.4. The Morgan fingerprint density at radius 1 is 1.24 bits per heavy atom. The minimum atomic E-state index is -0.847. The van der Waals surface area contributed by atoms with Gasteiger partial charge in [0.25, 0.3) is 5.69 Å². The molecule has 0 aliphatic carbocycles. The van der Waals surface area contributed by atoms with Gasteiger partial charge in [0.15, 0.2) is 0 Å². The molecule has 0 spiro atoms. The summed E-state index contributed by atoms with van der Waals surface area (Å²) in [5.41, 5.74) is 4.59. The maximum atomic E-state index is 12.9. The average molecular weight is 480 g/mol. The van der Waals surface area contributed by atoms with Gasteiger partial charge in [0.1, 0.15) is 6.04 Å². The van der Waals surface area contributed by atoms with Gasteiger partial charge in [-0.2, -0.15) is 4.98 Å². The van der Waals surface area contributed by atoms with Crippen molar-refractivity contribution in [1.82, 2.24) is 14.8 Å². The number of aromatic nitrogens is 3. The number of carbonyl (C=O) groups is 1. The number of hydrogen-bond acceptors (Lipinski definition) is 8. The van der Waals surface area contributed by atoms with E-state index in [9.17, 15) is 14.9 Å². The fraction of sp³-hybridized carbons (Fsp3) is 0.292. The van der Waals surface area contributed by atoms with Gasteiger partial charge in [-0.25, -0.2) is 9.48 Å². The molecule has 0 radical (unpaired) electrons. The van der Waals surface area contributed by atoms with Crippen molar-refractivity contribution in [3.63, 3.8) is 0 Å². The lowest BCUT2D eigenvalue weighted by atomic mass is 9.94. The summed E-state index contributed by atoms with van der Waals surface area (Å²) in [5.74, 6) is 0.529. The molecule has 0 bridgehead atoms. The lowest BCUT2D eigenvalue weighted by molar-refractivity contribution is -0.385. The Morgan fingerprint density at radius 3 is 2.71 bits per heavy atom. The zero-order valence-corrected chi connectivity index (χ0v) is 20.2. The highest BCUT2D eigenvalue weighted by atomic mass is 32.2. The molecule has 176 valence electrons. The second kappa shape index (κ2) is 9.68. The molecule has 1 atom stereocenters. The van der Waals surface area contributed by atoms with Gasteiger partial charge in [-0.15, -0.1) is 5.10 Å². The van der Waals surface area contributed by atoms with Crippen LogP contribution < -0.4 is 5.32 Å². The molecule has 34 heavy (non-hydrogen) atoms. The molecule has 0 amide bonds. The molecule has 0 fully saturated rings. The third kappa shape index (κ3) is 4.54. The molecule has 2 heterocycles. The van der Waals surface area contributed by atoms with Crippen LogP contribution in [0.25, 0.3) is 0 Å². The molecular weight excluding hydrogens is 454 g/mol. The number of hydrogen-bond donors (Lipinski definition) is 1. The molecule has 9 nitrogen and oxygen atoms in total. The number of ether oxygens (including phenoxy) is 1. The molecular formula is C24H25N5O4S. The highest BCUT2D eigenvalue weighted by Gasteiger charge is 2.38. The number of fused-ring (bicyclic) bond motifs is 1. The first-order valence-electron chi connectivity index (χ1n) is 10.8. The standard InChI is InChI=1S/C24H25N5O4S/c1-5-33-22(30)20-16(4)25-23-26-24(34-13-17-11-10-14(2)12-15(17)3)27-28(23)21(20)18-8-6-7-9-19(18)29(31)32/h6-12,21H,5,13H2,1-4H3,(H,25,26,27)/t21-/m0/s1. The van der Waals surface area contributed by atoms with Crippen LogP contribution in [0.5, 0.6) is 0 Å². The Hall–Kier alpha value is -3.66. The Bertz CT molecular complexity index is 1300. The summed E-state index contributed by atoms with van der Waals surface area (Å²) in [6, 6.07) is 11.8. The van der Waals surface area contributed by atoms with Crippen molar-refractivity contribution in [1.29, 1.82) is 0 Å². The summed E-state index contributed by atoms with van der Waals surface area (Å²) in [7, 11) is 0. The summed E-state index contributed by atoms with van der Waals surface area (Å²) < 4.78 is 6.81. The van der Waals surface area contributed by atoms with Gasteiger partial charge in [0, 0.05) is 17.5 Å². The second-order valence-corrected chi connectivity index (χ2v) is 8.93. The van der Waals surface area contributed by atoms with Gasteiger partial charge < -0.3 is 10.1 Å². The van der Waals surface area contributed by atoms with Gasteiger partial charge in [-0.3, -0.25) is 10.1 Å². The number of anilines is 1. The van der Waals surface area contributed by atoms with Crippen LogP contribution in [0.1, 0.15) is 42.1 Å². The predicted octanol–water partition coefficient (Wildman–Crippen LogP) is 4.95. The van der Waals surface area contributed by atoms with E-state index in [0.717, 1.165) is 0 Å². The number of para-hydroxylation sites is 1. The van der Waals surface area contributed by atoms with Gasteiger partial charge in [-0.1, -0.05) is 47.7 Å². The van der Waals surface area contributed by atoms with E-state index in [4.69, 9.17) is 4.74 Å². The number of benzene rings is 2. The summed E-state index contributed by atoms with van der Waals surface area (Å²) in [6.07, 6.45) is 0. The monoisotopic (exact) mass is 479 g/mol. The number of nitrogens with zero attached hydrogens (tertiary/aromatic N) is 4. The number of rotatable bonds is 7. The minimum absolute atomic E-state index is 0.102. The van der Waals surface area contributed by atoms with Crippen molar-refractivity contribution in [2.45, 2.75) is 44.6 Å². The molecule has 10 heteroatoms. The van der Waals surface area contributed by atoms with Crippen LogP contribution in [0.15, 0.2) is 58.9 Å². The Kier molecular flexibility index (Phi) is 6.69. The lowest BCUT2D eigenvalue weighted by Crippen LogP contribution is -2.30. The summed E-state index contributed by atoms with van der Waals surface area (Å²) in [6.45, 7) is 7.75. The summed E-state index contributed by atoms with van der Waals surface area (Å²) in [5, 5.41) is 20.1. The van der Waals surface area contributed by atoms with Crippen LogP contribution in [0.4, 0.5) is 11.6 Å². The maximum Gasteiger partial charge on any atom is 0.338 e. The summed E-state index contributed by atoms with van der Waals surface area (Å²) >= 11 is 1.46. The minimum Gasteiger partial charge on any atom is -0.463 e. The molecule has 0 saturated carbocycles. The van der Waals surface area contributed by atoms with E-state index in [-0.39, 0.29) is 17.9 Å². The average Bonchev–Trinajstić information content (AvgIpc) is 3.20. The molecule has 2 aromatic carbocycles. The van der Waals surface area contributed by atoms with E-state index in [2.05, 4.69) is 47.4 Å². The maximum absolute atomic E-state index is 12.9. The SMILES string of the molecule is CCOC(=O)C1=C(C)Nc2nc(SCc3ccc(C)cc3C)nn2[C@H]1c1ccccc1[N+](=O)[O-]. The number of esters is 1. The topological polar surface area (TPSA) is 112 Å². The number of nitrogens with one attached hydrogen (secondary N) is 1. The van der Waals surface area contributed by atoms with E-state index < -0.39 is 16.9 Å². The van der Waals surface area contributed by atoms with Gasteiger partial charge in [-0.05, 0) is 44.9 Å². The van der Waals surface area contributed by atoms with E-state index in [1.807, 2.05) is 0 Å². The van der Waals surface area contributed by atoms with Crippen LogP contribution in [0, 0.1) is 24.0 Å². The Morgan fingerprint density at radius 2 is 2.00 bits per heavy atom. The normalized spacial score (nSPS) is 15.0. The lowest BCUT2D eigenvalue weighted by Gasteiger charge is -2.27. The fourth-order valence-electron chi connectivity index (χ4n) is 3.99. The van der Waals surface area contributed by atoms with Crippen LogP contribution in [0.2, 0.25) is 0 Å². The Balaban J connectivity index is 1.75. The molecule has 1 aliphatic rings. The van der Waals surface area contributed by atoms with Gasteiger partial charge >= 0.3 is 5.97 Å². The molecule has 4 rings (SSSR count). The van der Waals surface area contributed by atoms with Crippen molar-refractivity contribution in [3.8, 4) is 0 Å². The second-order valence-electron chi connectivity index (χ2n) is 7.98.